The summed E-state index contributed by atoms with van der Waals surface area (Å²) < 4.78 is 6.92. The Morgan fingerprint density at radius 2 is 2.00 bits per heavy atom. The van der Waals surface area contributed by atoms with Crippen LogP contribution in [-0.4, -0.2) is 26.6 Å². The number of phenols is 1. The molecule has 146 valence electrons. The predicted octanol–water partition coefficient (Wildman–Crippen LogP) is 1.21. The molecule has 0 aliphatic rings. The van der Waals surface area contributed by atoms with Gasteiger partial charge in [-0.25, -0.2) is 4.79 Å². The molecule has 0 atom stereocenters. The normalized spacial score (nSPS) is 11.2. The van der Waals surface area contributed by atoms with Crippen molar-refractivity contribution in [1.82, 2.24) is 9.13 Å². The number of hydrogen-bond acceptors (Lipinski definition) is 7. The summed E-state index contributed by atoms with van der Waals surface area (Å²) >= 11 is 5.95. The number of aromatic hydroxyl groups is 1. The number of carbonyl (C=O) groups excluding carboxylic acids is 1. The van der Waals surface area contributed by atoms with Gasteiger partial charge in [-0.05, 0) is 30.7 Å². The third-order valence-corrected chi connectivity index (χ3v) is 4.25. The van der Waals surface area contributed by atoms with E-state index in [2.05, 4.69) is 0 Å². The molecular formula is C18H17ClN4O5. The van der Waals surface area contributed by atoms with E-state index in [4.69, 9.17) is 22.1 Å². The van der Waals surface area contributed by atoms with Gasteiger partial charge < -0.3 is 15.6 Å². The van der Waals surface area contributed by atoms with E-state index >= 15 is 0 Å². The molecule has 0 amide bonds. The first-order chi connectivity index (χ1) is 13.1. The Hall–Kier alpha value is -3.51. The molecule has 1 aromatic carbocycles. The van der Waals surface area contributed by atoms with E-state index < -0.39 is 28.2 Å². The highest BCUT2D eigenvalue weighted by molar-refractivity contribution is 6.32. The van der Waals surface area contributed by atoms with Gasteiger partial charge in [0.15, 0.2) is 11.5 Å². The second kappa shape index (κ2) is 8.02. The van der Waals surface area contributed by atoms with Crippen molar-refractivity contribution in [2.24, 2.45) is 14.1 Å². The van der Waals surface area contributed by atoms with Gasteiger partial charge in [0, 0.05) is 14.1 Å². The Labute approximate surface area is 164 Å². The van der Waals surface area contributed by atoms with Gasteiger partial charge in [-0.1, -0.05) is 11.6 Å². The number of aromatic nitrogens is 2. The maximum absolute atomic E-state index is 12.8. The van der Waals surface area contributed by atoms with E-state index in [0.29, 0.717) is 0 Å². The van der Waals surface area contributed by atoms with Gasteiger partial charge in [-0.3, -0.25) is 18.7 Å². The Morgan fingerprint density at radius 3 is 2.57 bits per heavy atom. The molecule has 0 saturated heterocycles. The highest BCUT2D eigenvalue weighted by atomic mass is 35.5. The van der Waals surface area contributed by atoms with Crippen molar-refractivity contribution in [3.8, 4) is 17.6 Å². The lowest BCUT2D eigenvalue weighted by Crippen LogP contribution is -2.41. The number of Topliss-reactive ketones (excluding diaryl/α,β-unsaturated/α-hetero) is 1. The summed E-state index contributed by atoms with van der Waals surface area (Å²) in [7, 11) is 2.50. The summed E-state index contributed by atoms with van der Waals surface area (Å²) in [6, 6.07) is 4.43. The minimum absolute atomic E-state index is 0.0422. The first kappa shape index (κ1) is 20.8. The molecule has 1 heterocycles. The SMILES string of the molecule is CCOc1cc(/C=C(\C#N)C(=O)c2c(N)n(C)c(=O)n(C)c2=O)cc(Cl)c1O. The summed E-state index contributed by atoms with van der Waals surface area (Å²) in [6.45, 7) is 1.96. The standard InChI is InChI=1S/C18H17ClN4O5/c1-4-28-12-7-9(6-11(19)15(12)25)5-10(8-20)14(24)13-16(21)22(2)18(27)23(3)17(13)26/h5-7,25H,4,21H2,1-3H3/b10-5+. The summed E-state index contributed by atoms with van der Waals surface area (Å²) in [5.74, 6) is -1.50. The van der Waals surface area contributed by atoms with Crippen molar-refractivity contribution in [2.75, 3.05) is 12.3 Å². The van der Waals surface area contributed by atoms with Crippen LogP contribution in [0.25, 0.3) is 6.08 Å². The zero-order valence-corrected chi connectivity index (χ0v) is 16.1. The molecule has 0 spiro atoms. The quantitative estimate of drug-likeness (QED) is 0.433. The minimum atomic E-state index is -0.946. The molecular weight excluding hydrogens is 388 g/mol. The Bertz CT molecular complexity index is 1150. The number of phenolic OH excluding ortho intramolecular Hbond substituents is 1. The van der Waals surface area contributed by atoms with E-state index in [9.17, 15) is 24.8 Å². The van der Waals surface area contributed by atoms with Crippen LogP contribution in [0.5, 0.6) is 11.5 Å². The monoisotopic (exact) mass is 404 g/mol. The van der Waals surface area contributed by atoms with Crippen LogP contribution in [-0.2, 0) is 14.1 Å². The fourth-order valence-electron chi connectivity index (χ4n) is 2.47. The van der Waals surface area contributed by atoms with Crippen molar-refractivity contribution in [2.45, 2.75) is 6.92 Å². The summed E-state index contributed by atoms with van der Waals surface area (Å²) in [5.41, 5.74) is 3.54. The number of nitrogens with zero attached hydrogens (tertiary/aromatic N) is 3. The van der Waals surface area contributed by atoms with Gasteiger partial charge in [0.25, 0.3) is 5.56 Å². The molecule has 0 unspecified atom stereocenters. The topological polar surface area (TPSA) is 140 Å². The molecule has 0 radical (unpaired) electrons. The third kappa shape index (κ3) is 3.63. The average Bonchev–Trinajstić information content (AvgIpc) is 2.66. The van der Waals surface area contributed by atoms with Crippen molar-refractivity contribution >= 4 is 29.3 Å². The molecule has 9 nitrogen and oxygen atoms in total. The lowest BCUT2D eigenvalue weighted by molar-refractivity contribution is 0.103. The molecule has 3 N–H and O–H groups in total. The van der Waals surface area contributed by atoms with Gasteiger partial charge in [-0.15, -0.1) is 0 Å². The zero-order chi connectivity index (χ0) is 21.2. The largest absolute Gasteiger partial charge is 0.503 e. The lowest BCUT2D eigenvalue weighted by atomic mass is 10.0. The van der Waals surface area contributed by atoms with Crippen LogP contribution in [0.4, 0.5) is 5.82 Å². The van der Waals surface area contributed by atoms with Gasteiger partial charge in [0.1, 0.15) is 23.0 Å². The summed E-state index contributed by atoms with van der Waals surface area (Å²) in [6.07, 6.45) is 1.18. The highest BCUT2D eigenvalue weighted by Crippen LogP contribution is 2.36. The first-order valence-corrected chi connectivity index (χ1v) is 8.39. The van der Waals surface area contributed by atoms with Crippen LogP contribution in [0.15, 0.2) is 27.3 Å². The first-order valence-electron chi connectivity index (χ1n) is 8.01. The molecule has 0 saturated carbocycles. The molecule has 0 fully saturated rings. The highest BCUT2D eigenvalue weighted by Gasteiger charge is 2.23. The maximum Gasteiger partial charge on any atom is 0.332 e. The molecule has 2 aromatic rings. The molecule has 28 heavy (non-hydrogen) atoms. The second-order valence-electron chi connectivity index (χ2n) is 5.75. The van der Waals surface area contributed by atoms with Crippen LogP contribution in [0.2, 0.25) is 5.02 Å². The zero-order valence-electron chi connectivity index (χ0n) is 15.3. The van der Waals surface area contributed by atoms with Gasteiger partial charge in [0.2, 0.25) is 5.78 Å². The molecule has 2 rings (SSSR count). The van der Waals surface area contributed by atoms with E-state index in [0.717, 1.165) is 9.13 Å². The third-order valence-electron chi connectivity index (χ3n) is 3.96. The van der Waals surface area contributed by atoms with Gasteiger partial charge >= 0.3 is 5.69 Å². The van der Waals surface area contributed by atoms with E-state index in [1.807, 2.05) is 0 Å². The number of halogens is 1. The van der Waals surface area contributed by atoms with E-state index in [-0.39, 0.29) is 34.5 Å². The number of allylic oxidation sites excluding steroid dienone is 1. The van der Waals surface area contributed by atoms with E-state index in [1.165, 1.54) is 32.3 Å². The fraction of sp³-hybridized carbons (Fsp3) is 0.222. The van der Waals surface area contributed by atoms with Crippen molar-refractivity contribution < 1.29 is 14.6 Å². The number of nitrogen functional groups attached to an aromatic ring is 1. The van der Waals surface area contributed by atoms with Crippen molar-refractivity contribution in [3.05, 3.63) is 54.7 Å². The van der Waals surface area contributed by atoms with Crippen molar-refractivity contribution in [3.63, 3.8) is 0 Å². The molecule has 0 bridgehead atoms. The number of nitriles is 1. The predicted molar refractivity (Wildman–Crippen MR) is 104 cm³/mol. The maximum atomic E-state index is 12.8. The van der Waals surface area contributed by atoms with Crippen molar-refractivity contribution in [1.29, 1.82) is 5.26 Å². The van der Waals surface area contributed by atoms with Crippen LogP contribution in [0.1, 0.15) is 22.8 Å². The van der Waals surface area contributed by atoms with Crippen LogP contribution < -0.4 is 21.7 Å². The molecule has 0 aliphatic heterocycles. The lowest BCUT2D eigenvalue weighted by Gasteiger charge is -2.11. The smallest absolute Gasteiger partial charge is 0.332 e. The van der Waals surface area contributed by atoms with Crippen LogP contribution in [0, 0.1) is 11.3 Å². The Morgan fingerprint density at radius 1 is 1.36 bits per heavy atom. The number of nitrogens with two attached hydrogens (primary N) is 1. The summed E-state index contributed by atoms with van der Waals surface area (Å²) in [5, 5.41) is 19.3. The van der Waals surface area contributed by atoms with Gasteiger partial charge in [0.05, 0.1) is 11.6 Å². The number of ketones is 1. The number of carbonyl (C=O) groups is 1. The number of ether oxygens (including phenoxy) is 1. The molecule has 1 aromatic heterocycles. The number of hydrogen-bond donors (Lipinski definition) is 2. The van der Waals surface area contributed by atoms with E-state index in [1.54, 1.807) is 13.0 Å². The number of benzene rings is 1. The summed E-state index contributed by atoms with van der Waals surface area (Å²) in [4.78, 5) is 37.0. The molecule has 0 aliphatic carbocycles. The minimum Gasteiger partial charge on any atom is -0.503 e. The Balaban J connectivity index is 2.65. The number of anilines is 1. The van der Waals surface area contributed by atoms with Gasteiger partial charge in [-0.2, -0.15) is 5.26 Å². The average molecular weight is 405 g/mol. The van der Waals surface area contributed by atoms with Crippen LogP contribution >= 0.6 is 11.6 Å². The fourth-order valence-corrected chi connectivity index (χ4v) is 2.69. The Kier molecular flexibility index (Phi) is 5.96. The molecule has 10 heteroatoms. The van der Waals surface area contributed by atoms with Crippen LogP contribution in [0.3, 0.4) is 0 Å². The second-order valence-corrected chi connectivity index (χ2v) is 6.15. The number of rotatable bonds is 5.